The Balaban J connectivity index is 2.24. The lowest BCUT2D eigenvalue weighted by molar-refractivity contribution is -0.124. The normalized spacial score (nSPS) is 10.1. The number of carbonyl (C=O) groups excluding carboxylic acids is 2. The van der Waals surface area contributed by atoms with Crippen LogP contribution >= 0.6 is 0 Å². The Morgan fingerprint density at radius 2 is 1.95 bits per heavy atom. The van der Waals surface area contributed by atoms with Gasteiger partial charge >= 0.3 is 5.97 Å². The van der Waals surface area contributed by atoms with Gasteiger partial charge in [-0.25, -0.2) is 4.79 Å². The number of rotatable bonds is 8. The molecule has 0 aliphatic heterocycles. The molecular weight excluding hydrogens is 258 g/mol. The number of unbranched alkanes of at least 4 members (excludes halogenated alkanes) is 3. The van der Waals surface area contributed by atoms with Crippen molar-refractivity contribution in [3.63, 3.8) is 0 Å². The maximum absolute atomic E-state index is 11.6. The van der Waals surface area contributed by atoms with E-state index < -0.39 is 5.97 Å². The number of phenols is 1. The van der Waals surface area contributed by atoms with Crippen molar-refractivity contribution < 1.29 is 19.4 Å². The van der Waals surface area contributed by atoms with E-state index in [1.54, 1.807) is 12.1 Å². The summed E-state index contributed by atoms with van der Waals surface area (Å²) in [6.07, 6.45) is 4.30. The van der Waals surface area contributed by atoms with Crippen molar-refractivity contribution in [1.82, 2.24) is 5.32 Å². The number of hydrogen-bond donors (Lipinski definition) is 2. The molecule has 0 spiro atoms. The minimum atomic E-state index is -0.704. The molecule has 0 aromatic heterocycles. The van der Waals surface area contributed by atoms with Gasteiger partial charge in [0.15, 0.2) is 6.61 Å². The first kappa shape index (κ1) is 16.0. The predicted octanol–water partition coefficient (Wildman–Crippen LogP) is 2.25. The molecule has 20 heavy (non-hydrogen) atoms. The van der Waals surface area contributed by atoms with Crippen molar-refractivity contribution in [1.29, 1.82) is 0 Å². The summed E-state index contributed by atoms with van der Waals surface area (Å²) in [7, 11) is 0. The van der Waals surface area contributed by atoms with Crippen LogP contribution in [0.25, 0.3) is 0 Å². The molecule has 1 amide bonds. The first-order valence-corrected chi connectivity index (χ1v) is 6.87. The SMILES string of the molecule is CCCCCCNC(=O)COC(=O)c1ccccc1O. The number of phenolic OH excluding ortho intramolecular Hbond substituents is 1. The number of ether oxygens (including phenoxy) is 1. The van der Waals surface area contributed by atoms with Crippen LogP contribution in [-0.4, -0.2) is 30.1 Å². The van der Waals surface area contributed by atoms with Gasteiger partial charge < -0.3 is 15.2 Å². The summed E-state index contributed by atoms with van der Waals surface area (Å²) in [5.74, 6) is -1.19. The number of esters is 1. The van der Waals surface area contributed by atoms with Gasteiger partial charge in [-0.3, -0.25) is 4.79 Å². The zero-order valence-electron chi connectivity index (χ0n) is 11.7. The Hall–Kier alpha value is -2.04. The van der Waals surface area contributed by atoms with Gasteiger partial charge in [-0.15, -0.1) is 0 Å². The first-order chi connectivity index (χ1) is 9.65. The van der Waals surface area contributed by atoms with Gasteiger partial charge in [0.1, 0.15) is 11.3 Å². The van der Waals surface area contributed by atoms with Crippen LogP contribution in [0.2, 0.25) is 0 Å². The van der Waals surface area contributed by atoms with E-state index in [1.165, 1.54) is 12.1 Å². The molecule has 0 saturated heterocycles. The molecule has 0 bridgehead atoms. The van der Waals surface area contributed by atoms with E-state index in [0.717, 1.165) is 25.7 Å². The largest absolute Gasteiger partial charge is 0.507 e. The summed E-state index contributed by atoms with van der Waals surface area (Å²) in [6.45, 7) is 2.38. The lowest BCUT2D eigenvalue weighted by Gasteiger charge is -2.07. The second-order valence-corrected chi connectivity index (χ2v) is 4.50. The number of carbonyl (C=O) groups is 2. The fourth-order valence-electron chi connectivity index (χ4n) is 1.69. The highest BCUT2D eigenvalue weighted by molar-refractivity contribution is 5.93. The molecule has 0 atom stereocenters. The van der Waals surface area contributed by atoms with Crippen molar-refractivity contribution in [2.24, 2.45) is 0 Å². The smallest absolute Gasteiger partial charge is 0.342 e. The second-order valence-electron chi connectivity index (χ2n) is 4.50. The van der Waals surface area contributed by atoms with Gasteiger partial charge in [0, 0.05) is 6.54 Å². The summed E-state index contributed by atoms with van der Waals surface area (Å²) < 4.78 is 4.84. The van der Waals surface area contributed by atoms with Crippen molar-refractivity contribution in [3.05, 3.63) is 29.8 Å². The van der Waals surface area contributed by atoms with E-state index in [0.29, 0.717) is 6.54 Å². The van der Waals surface area contributed by atoms with Crippen molar-refractivity contribution >= 4 is 11.9 Å². The Morgan fingerprint density at radius 1 is 1.20 bits per heavy atom. The first-order valence-electron chi connectivity index (χ1n) is 6.87. The van der Waals surface area contributed by atoms with Crippen LogP contribution < -0.4 is 5.32 Å². The zero-order chi connectivity index (χ0) is 14.8. The van der Waals surface area contributed by atoms with Crippen LogP contribution in [0, 0.1) is 0 Å². The summed E-state index contributed by atoms with van der Waals surface area (Å²) >= 11 is 0. The fraction of sp³-hybridized carbons (Fsp3) is 0.467. The molecule has 5 heteroatoms. The Bertz CT molecular complexity index is 445. The molecular formula is C15H21NO4. The summed E-state index contributed by atoms with van der Waals surface area (Å²) in [5, 5.41) is 12.2. The molecule has 0 radical (unpaired) electrons. The minimum Gasteiger partial charge on any atom is -0.507 e. The van der Waals surface area contributed by atoms with Gasteiger partial charge in [-0.2, -0.15) is 0 Å². The molecule has 0 aliphatic rings. The number of benzene rings is 1. The van der Waals surface area contributed by atoms with E-state index in [-0.39, 0.29) is 23.8 Å². The molecule has 2 N–H and O–H groups in total. The summed E-state index contributed by atoms with van der Waals surface area (Å²) in [4.78, 5) is 23.1. The predicted molar refractivity (Wildman–Crippen MR) is 75.5 cm³/mol. The van der Waals surface area contributed by atoms with E-state index in [2.05, 4.69) is 12.2 Å². The van der Waals surface area contributed by atoms with Crippen LogP contribution in [0.1, 0.15) is 43.0 Å². The van der Waals surface area contributed by atoms with Gasteiger partial charge in [0.2, 0.25) is 0 Å². The molecule has 0 saturated carbocycles. The van der Waals surface area contributed by atoms with Crippen LogP contribution in [0.5, 0.6) is 5.75 Å². The van der Waals surface area contributed by atoms with Gasteiger partial charge in [-0.1, -0.05) is 38.3 Å². The van der Waals surface area contributed by atoms with Gasteiger partial charge in [0.25, 0.3) is 5.91 Å². The van der Waals surface area contributed by atoms with E-state index in [4.69, 9.17) is 4.74 Å². The van der Waals surface area contributed by atoms with Crippen molar-refractivity contribution in [2.75, 3.05) is 13.2 Å². The number of hydrogen-bond acceptors (Lipinski definition) is 4. The fourth-order valence-corrected chi connectivity index (χ4v) is 1.69. The number of aromatic hydroxyl groups is 1. The molecule has 1 aromatic rings. The Labute approximate surface area is 118 Å². The third-order valence-corrected chi connectivity index (χ3v) is 2.81. The quantitative estimate of drug-likeness (QED) is 0.565. The second kappa shape index (κ2) is 8.96. The van der Waals surface area contributed by atoms with E-state index in [1.807, 2.05) is 0 Å². The highest BCUT2D eigenvalue weighted by atomic mass is 16.5. The zero-order valence-corrected chi connectivity index (χ0v) is 11.7. The minimum absolute atomic E-state index is 0.0586. The molecule has 110 valence electrons. The third-order valence-electron chi connectivity index (χ3n) is 2.81. The van der Waals surface area contributed by atoms with E-state index >= 15 is 0 Å². The molecule has 0 unspecified atom stereocenters. The average Bonchev–Trinajstić information content (AvgIpc) is 2.45. The Morgan fingerprint density at radius 3 is 2.65 bits per heavy atom. The van der Waals surface area contributed by atoms with Crippen LogP contribution in [0.15, 0.2) is 24.3 Å². The lowest BCUT2D eigenvalue weighted by atomic mass is 10.2. The summed E-state index contributed by atoms with van der Waals surface area (Å²) in [5.41, 5.74) is 0.0586. The van der Waals surface area contributed by atoms with Crippen LogP contribution in [-0.2, 0) is 9.53 Å². The maximum Gasteiger partial charge on any atom is 0.342 e. The average molecular weight is 279 g/mol. The van der Waals surface area contributed by atoms with Crippen LogP contribution in [0.4, 0.5) is 0 Å². The molecule has 1 aromatic carbocycles. The standard InChI is InChI=1S/C15H21NO4/c1-2-3-4-7-10-16-14(18)11-20-15(19)12-8-5-6-9-13(12)17/h5-6,8-9,17H,2-4,7,10-11H2,1H3,(H,16,18). The van der Waals surface area contributed by atoms with Crippen LogP contribution in [0.3, 0.4) is 0 Å². The topological polar surface area (TPSA) is 75.6 Å². The van der Waals surface area contributed by atoms with Gasteiger partial charge in [-0.05, 0) is 18.6 Å². The number of para-hydroxylation sites is 1. The number of nitrogens with one attached hydrogen (secondary N) is 1. The monoisotopic (exact) mass is 279 g/mol. The summed E-state index contributed by atoms with van der Waals surface area (Å²) in [6, 6.07) is 6.06. The Kier molecular flexibility index (Phi) is 7.17. The highest BCUT2D eigenvalue weighted by Crippen LogP contribution is 2.16. The number of amides is 1. The van der Waals surface area contributed by atoms with Crippen molar-refractivity contribution in [3.8, 4) is 5.75 Å². The van der Waals surface area contributed by atoms with Crippen molar-refractivity contribution in [2.45, 2.75) is 32.6 Å². The maximum atomic E-state index is 11.6. The molecule has 0 fully saturated rings. The highest BCUT2D eigenvalue weighted by Gasteiger charge is 2.13. The lowest BCUT2D eigenvalue weighted by Crippen LogP contribution is -2.29. The third kappa shape index (κ3) is 5.73. The molecule has 0 heterocycles. The molecule has 1 rings (SSSR count). The molecule has 5 nitrogen and oxygen atoms in total. The molecule has 0 aliphatic carbocycles. The van der Waals surface area contributed by atoms with Gasteiger partial charge in [0.05, 0.1) is 0 Å². The van der Waals surface area contributed by atoms with E-state index in [9.17, 15) is 14.7 Å².